The predicted molar refractivity (Wildman–Crippen MR) is 76.4 cm³/mol. The summed E-state index contributed by atoms with van der Waals surface area (Å²) in [7, 11) is -3.32. The van der Waals surface area contributed by atoms with Crippen LogP contribution < -0.4 is 0 Å². The molecule has 0 radical (unpaired) electrons. The van der Waals surface area contributed by atoms with Crippen molar-refractivity contribution in [3.05, 3.63) is 35.9 Å². The average Bonchev–Trinajstić information content (AvgIpc) is 2.24. The molecule has 0 amide bonds. The molecule has 1 unspecified atom stereocenters. The molecule has 0 saturated carbocycles. The van der Waals surface area contributed by atoms with E-state index in [2.05, 4.69) is 17.0 Å². The fourth-order valence-corrected chi connectivity index (χ4v) is 2.32. The first-order valence-electron chi connectivity index (χ1n) is 5.67. The van der Waals surface area contributed by atoms with Crippen LogP contribution in [-0.2, 0) is 20.8 Å². The van der Waals surface area contributed by atoms with Gasteiger partial charge < -0.3 is 0 Å². The van der Waals surface area contributed by atoms with Crippen molar-refractivity contribution in [1.29, 1.82) is 0 Å². The van der Waals surface area contributed by atoms with E-state index >= 15 is 0 Å². The van der Waals surface area contributed by atoms with E-state index < -0.39 is 10.1 Å². The van der Waals surface area contributed by atoms with Crippen LogP contribution in [0.5, 0.6) is 0 Å². The van der Waals surface area contributed by atoms with E-state index in [1.807, 2.05) is 18.2 Å². The molecule has 0 spiro atoms. The quantitative estimate of drug-likeness (QED) is 0.768. The molecule has 6 heteroatoms. The van der Waals surface area contributed by atoms with Crippen molar-refractivity contribution < 1.29 is 12.6 Å². The van der Waals surface area contributed by atoms with Crippen LogP contribution in [0.4, 0.5) is 0 Å². The van der Waals surface area contributed by atoms with E-state index in [0.717, 1.165) is 25.8 Å². The predicted octanol–water partition coefficient (Wildman–Crippen LogP) is 1.35. The SMILES string of the molecule is CS(=O)(=O)OCC1CCN1Cc1ccccc1.S. The Hall–Kier alpha value is -0.560. The molecular weight excluding hydrogens is 270 g/mol. The zero-order valence-corrected chi connectivity index (χ0v) is 12.2. The van der Waals surface area contributed by atoms with Crippen molar-refractivity contribution in [1.82, 2.24) is 4.90 Å². The molecule has 0 aromatic heterocycles. The fraction of sp³-hybridized carbons (Fsp3) is 0.500. The van der Waals surface area contributed by atoms with Crippen molar-refractivity contribution in [3.63, 3.8) is 0 Å². The van der Waals surface area contributed by atoms with Gasteiger partial charge in [-0.15, -0.1) is 0 Å². The van der Waals surface area contributed by atoms with Crippen molar-refractivity contribution in [2.45, 2.75) is 19.0 Å². The van der Waals surface area contributed by atoms with Crippen molar-refractivity contribution >= 4 is 23.6 Å². The number of nitrogens with zero attached hydrogens (tertiary/aromatic N) is 1. The summed E-state index contributed by atoms with van der Waals surface area (Å²) in [6.07, 6.45) is 2.09. The Morgan fingerprint density at radius 3 is 2.50 bits per heavy atom. The third-order valence-electron chi connectivity index (χ3n) is 2.97. The fourth-order valence-electron chi connectivity index (χ4n) is 1.91. The lowest BCUT2D eigenvalue weighted by atomic mass is 10.0. The van der Waals surface area contributed by atoms with Gasteiger partial charge in [0.2, 0.25) is 0 Å². The largest absolute Gasteiger partial charge is 0.294 e. The van der Waals surface area contributed by atoms with Crippen molar-refractivity contribution in [2.24, 2.45) is 0 Å². The minimum absolute atomic E-state index is 0. The highest BCUT2D eigenvalue weighted by atomic mass is 32.2. The summed E-state index contributed by atoms with van der Waals surface area (Å²) in [5.41, 5.74) is 1.25. The molecule has 0 bridgehead atoms. The molecule has 1 fully saturated rings. The van der Waals surface area contributed by atoms with Gasteiger partial charge in [0, 0.05) is 19.1 Å². The van der Waals surface area contributed by atoms with Crippen LogP contribution in [0.3, 0.4) is 0 Å². The first-order valence-corrected chi connectivity index (χ1v) is 7.48. The first kappa shape index (κ1) is 15.5. The monoisotopic (exact) mass is 289 g/mol. The Balaban J connectivity index is 0.00000162. The number of hydrogen-bond acceptors (Lipinski definition) is 4. The van der Waals surface area contributed by atoms with Crippen LogP contribution in [0.25, 0.3) is 0 Å². The molecule has 4 nitrogen and oxygen atoms in total. The molecule has 1 aromatic carbocycles. The molecule has 102 valence electrons. The third kappa shape index (κ3) is 4.61. The maximum Gasteiger partial charge on any atom is 0.264 e. The Labute approximate surface area is 116 Å². The van der Waals surface area contributed by atoms with Crippen LogP contribution in [0.1, 0.15) is 12.0 Å². The zero-order valence-electron chi connectivity index (χ0n) is 10.4. The molecule has 1 aliphatic heterocycles. The number of likely N-dealkylation sites (tertiary alicyclic amines) is 1. The third-order valence-corrected chi connectivity index (χ3v) is 3.53. The van der Waals surface area contributed by atoms with E-state index in [-0.39, 0.29) is 26.1 Å². The molecule has 2 rings (SSSR count). The summed E-state index contributed by atoms with van der Waals surface area (Å²) in [4.78, 5) is 2.24. The standard InChI is InChI=1S/C12H17NO3S.H2S/c1-17(14,15)16-10-12-7-8-13(12)9-11-5-3-2-4-6-11;/h2-6,12H,7-10H2,1H3;1H2. The summed E-state index contributed by atoms with van der Waals surface area (Å²) in [6.45, 7) is 2.14. The molecule has 1 aromatic rings. The minimum atomic E-state index is -3.32. The van der Waals surface area contributed by atoms with E-state index in [4.69, 9.17) is 4.18 Å². The molecule has 1 saturated heterocycles. The van der Waals surface area contributed by atoms with E-state index in [9.17, 15) is 8.42 Å². The second-order valence-electron chi connectivity index (χ2n) is 4.39. The average molecular weight is 289 g/mol. The van der Waals surface area contributed by atoms with E-state index in [1.165, 1.54) is 5.56 Å². The Kier molecular flexibility index (Phi) is 5.65. The Morgan fingerprint density at radius 1 is 1.33 bits per heavy atom. The number of hydrogen-bond donors (Lipinski definition) is 0. The minimum Gasteiger partial charge on any atom is -0.294 e. The highest BCUT2D eigenvalue weighted by Gasteiger charge is 2.28. The van der Waals surface area contributed by atoms with Gasteiger partial charge in [0.1, 0.15) is 0 Å². The van der Waals surface area contributed by atoms with Gasteiger partial charge in [-0.25, -0.2) is 0 Å². The Bertz CT molecular complexity index is 461. The van der Waals surface area contributed by atoms with Crippen LogP contribution in [0, 0.1) is 0 Å². The summed E-state index contributed by atoms with van der Waals surface area (Å²) < 4.78 is 26.6. The van der Waals surface area contributed by atoms with Crippen molar-refractivity contribution in [2.75, 3.05) is 19.4 Å². The van der Waals surface area contributed by atoms with Gasteiger partial charge in [0.25, 0.3) is 10.1 Å². The van der Waals surface area contributed by atoms with E-state index in [1.54, 1.807) is 0 Å². The summed E-state index contributed by atoms with van der Waals surface area (Å²) in [6, 6.07) is 10.4. The van der Waals surface area contributed by atoms with E-state index in [0.29, 0.717) is 0 Å². The van der Waals surface area contributed by atoms with Crippen LogP contribution >= 0.6 is 13.5 Å². The zero-order chi connectivity index (χ0) is 12.3. The maximum absolute atomic E-state index is 10.9. The van der Waals surface area contributed by atoms with Gasteiger partial charge in [-0.2, -0.15) is 21.9 Å². The highest BCUT2D eigenvalue weighted by molar-refractivity contribution is 7.85. The van der Waals surface area contributed by atoms with Crippen LogP contribution in [0.2, 0.25) is 0 Å². The lowest BCUT2D eigenvalue weighted by molar-refractivity contribution is 0.0458. The second-order valence-corrected chi connectivity index (χ2v) is 6.03. The van der Waals surface area contributed by atoms with Crippen LogP contribution in [-0.4, -0.2) is 38.8 Å². The first-order chi connectivity index (χ1) is 8.04. The second kappa shape index (κ2) is 6.56. The topological polar surface area (TPSA) is 46.6 Å². The van der Waals surface area contributed by atoms with Gasteiger partial charge in [-0.05, 0) is 12.0 Å². The normalized spacial score (nSPS) is 19.9. The lowest BCUT2D eigenvalue weighted by Gasteiger charge is -2.40. The number of benzene rings is 1. The molecular formula is C12H19NO3S2. The van der Waals surface area contributed by atoms with Gasteiger partial charge in [-0.3, -0.25) is 9.08 Å². The smallest absolute Gasteiger partial charge is 0.264 e. The molecule has 1 heterocycles. The summed E-state index contributed by atoms with van der Waals surface area (Å²) in [5, 5.41) is 0. The molecule has 1 aliphatic rings. The molecule has 18 heavy (non-hydrogen) atoms. The molecule has 1 atom stereocenters. The van der Waals surface area contributed by atoms with Gasteiger partial charge in [0.15, 0.2) is 0 Å². The van der Waals surface area contributed by atoms with Crippen LogP contribution in [0.15, 0.2) is 30.3 Å². The lowest BCUT2D eigenvalue weighted by Crippen LogP contribution is -2.49. The summed E-state index contributed by atoms with van der Waals surface area (Å²) >= 11 is 0. The van der Waals surface area contributed by atoms with Gasteiger partial charge >= 0.3 is 0 Å². The number of rotatable bonds is 5. The maximum atomic E-state index is 10.9. The summed E-state index contributed by atoms with van der Waals surface area (Å²) in [5.74, 6) is 0. The van der Waals surface area contributed by atoms with Gasteiger partial charge in [0.05, 0.1) is 12.9 Å². The molecule has 0 aliphatic carbocycles. The van der Waals surface area contributed by atoms with Crippen molar-refractivity contribution in [3.8, 4) is 0 Å². The molecule has 0 N–H and O–H groups in total. The Morgan fingerprint density at radius 2 is 2.00 bits per heavy atom. The highest BCUT2D eigenvalue weighted by Crippen LogP contribution is 2.21. The van der Waals surface area contributed by atoms with Gasteiger partial charge in [-0.1, -0.05) is 30.3 Å².